The summed E-state index contributed by atoms with van der Waals surface area (Å²) >= 11 is 0. The molecule has 0 bridgehead atoms. The van der Waals surface area contributed by atoms with Gasteiger partial charge in [-0.2, -0.15) is 0 Å². The van der Waals surface area contributed by atoms with Crippen molar-refractivity contribution < 1.29 is 80.2 Å². The summed E-state index contributed by atoms with van der Waals surface area (Å²) in [6.07, 6.45) is 76.6. The number of phosphoric acid groups is 2. The summed E-state index contributed by atoms with van der Waals surface area (Å²) in [4.78, 5) is 73.3. The van der Waals surface area contributed by atoms with E-state index in [0.717, 1.165) is 95.8 Å². The van der Waals surface area contributed by atoms with Gasteiger partial charge >= 0.3 is 39.5 Å². The van der Waals surface area contributed by atoms with E-state index in [4.69, 9.17) is 37.0 Å². The van der Waals surface area contributed by atoms with Crippen molar-refractivity contribution in [2.75, 3.05) is 39.6 Å². The SMILES string of the molecule is CCCCCCCCCCCCCCCCCCCCCCCCC(=O)O[C@H](COC(=O)CCCCCCCCCCCCCCCCCCCCCCC)COP(=O)(O)OC[C@@H](O)COP(=O)(O)OC[C@@H](COC(=O)CCCCCCCCCCCCCC)OC(=O)CCCCCCCCCCCCC(C)C. The monoisotopic (exact) mass is 1580 g/mol. The highest BCUT2D eigenvalue weighted by molar-refractivity contribution is 7.47. The Morgan fingerprint density at radius 3 is 0.630 bits per heavy atom. The molecule has 0 saturated carbocycles. The van der Waals surface area contributed by atoms with Crippen LogP contribution in [0.15, 0.2) is 0 Å². The number of aliphatic hydroxyl groups excluding tert-OH is 1. The lowest BCUT2D eigenvalue weighted by atomic mass is 10.0. The first kappa shape index (κ1) is 106. The molecular weight excluding hydrogens is 1400 g/mol. The van der Waals surface area contributed by atoms with E-state index in [2.05, 4.69) is 34.6 Å². The van der Waals surface area contributed by atoms with Gasteiger partial charge in [0, 0.05) is 25.7 Å². The third-order valence-electron chi connectivity index (χ3n) is 21.0. The molecule has 0 heterocycles. The fourth-order valence-corrected chi connectivity index (χ4v) is 15.6. The molecule has 17 nitrogen and oxygen atoms in total. The first-order valence-electron chi connectivity index (χ1n) is 46.1. The zero-order chi connectivity index (χ0) is 79.0. The van der Waals surface area contributed by atoms with Crippen LogP contribution in [0.1, 0.15) is 484 Å². The lowest BCUT2D eigenvalue weighted by Gasteiger charge is -2.21. The van der Waals surface area contributed by atoms with Crippen LogP contribution in [-0.2, 0) is 65.4 Å². The quantitative estimate of drug-likeness (QED) is 0.0222. The molecule has 5 atom stereocenters. The Kier molecular flexibility index (Phi) is 80.2. The van der Waals surface area contributed by atoms with Gasteiger partial charge in [-0.25, -0.2) is 9.13 Å². The third kappa shape index (κ3) is 82.1. The van der Waals surface area contributed by atoms with Gasteiger partial charge in [0.2, 0.25) is 0 Å². The van der Waals surface area contributed by atoms with E-state index in [1.807, 2.05) is 0 Å². The summed E-state index contributed by atoms with van der Waals surface area (Å²) in [5, 5.41) is 10.7. The zero-order valence-corrected chi connectivity index (χ0v) is 72.8. The molecule has 642 valence electrons. The number of rotatable bonds is 89. The zero-order valence-electron chi connectivity index (χ0n) is 71.0. The maximum absolute atomic E-state index is 13.2. The van der Waals surface area contributed by atoms with Crippen LogP contribution in [-0.4, -0.2) is 96.7 Å². The van der Waals surface area contributed by atoms with E-state index in [9.17, 15) is 43.2 Å². The topological polar surface area (TPSA) is 237 Å². The van der Waals surface area contributed by atoms with Gasteiger partial charge in [-0.1, -0.05) is 433 Å². The molecule has 0 aromatic carbocycles. The molecular formula is C89H174O17P2. The average Bonchev–Trinajstić information content (AvgIpc) is 0.909. The summed E-state index contributed by atoms with van der Waals surface area (Å²) in [6.45, 7) is 7.36. The van der Waals surface area contributed by atoms with Gasteiger partial charge in [0.25, 0.3) is 0 Å². The van der Waals surface area contributed by atoms with Crippen LogP contribution in [0.5, 0.6) is 0 Å². The number of hydrogen-bond acceptors (Lipinski definition) is 15. The van der Waals surface area contributed by atoms with Gasteiger partial charge in [0.1, 0.15) is 19.3 Å². The fraction of sp³-hybridized carbons (Fsp3) is 0.955. The molecule has 0 saturated heterocycles. The molecule has 0 amide bonds. The van der Waals surface area contributed by atoms with Crippen LogP contribution >= 0.6 is 15.6 Å². The Morgan fingerprint density at radius 1 is 0.250 bits per heavy atom. The Balaban J connectivity index is 5.21. The molecule has 0 aliphatic rings. The Bertz CT molecular complexity index is 2050. The molecule has 0 aromatic rings. The Morgan fingerprint density at radius 2 is 0.426 bits per heavy atom. The minimum Gasteiger partial charge on any atom is -0.462 e. The van der Waals surface area contributed by atoms with E-state index in [1.165, 1.54) is 308 Å². The summed E-state index contributed by atoms with van der Waals surface area (Å²) in [7, 11) is -9.93. The minimum absolute atomic E-state index is 0.107. The first-order valence-corrected chi connectivity index (χ1v) is 49.1. The molecule has 0 rings (SSSR count). The summed E-state index contributed by atoms with van der Waals surface area (Å²) in [6, 6.07) is 0. The molecule has 3 N–H and O–H groups in total. The van der Waals surface area contributed by atoms with Crippen LogP contribution in [0.25, 0.3) is 0 Å². The van der Waals surface area contributed by atoms with Crippen molar-refractivity contribution in [3.8, 4) is 0 Å². The smallest absolute Gasteiger partial charge is 0.462 e. The summed E-state index contributed by atoms with van der Waals surface area (Å²) < 4.78 is 69.0. The van der Waals surface area contributed by atoms with E-state index >= 15 is 0 Å². The van der Waals surface area contributed by atoms with Crippen molar-refractivity contribution in [2.45, 2.75) is 502 Å². The fourth-order valence-electron chi connectivity index (χ4n) is 14.0. The molecule has 0 aromatic heterocycles. The lowest BCUT2D eigenvalue weighted by Crippen LogP contribution is -2.30. The van der Waals surface area contributed by atoms with Crippen molar-refractivity contribution in [1.29, 1.82) is 0 Å². The van der Waals surface area contributed by atoms with E-state index < -0.39 is 97.5 Å². The number of aliphatic hydroxyl groups is 1. The summed E-state index contributed by atoms with van der Waals surface area (Å²) in [5.74, 6) is -1.35. The molecule has 0 fully saturated rings. The van der Waals surface area contributed by atoms with Gasteiger partial charge in [-0.05, 0) is 31.6 Å². The van der Waals surface area contributed by atoms with E-state index in [1.54, 1.807) is 0 Å². The molecule has 108 heavy (non-hydrogen) atoms. The minimum atomic E-state index is -4.97. The third-order valence-corrected chi connectivity index (χ3v) is 22.9. The van der Waals surface area contributed by atoms with Crippen LogP contribution < -0.4 is 0 Å². The highest BCUT2D eigenvalue weighted by atomic mass is 31.2. The highest BCUT2D eigenvalue weighted by Gasteiger charge is 2.30. The number of esters is 4. The van der Waals surface area contributed by atoms with Crippen molar-refractivity contribution >= 4 is 39.5 Å². The maximum Gasteiger partial charge on any atom is 0.472 e. The van der Waals surface area contributed by atoms with Gasteiger partial charge < -0.3 is 33.8 Å². The van der Waals surface area contributed by atoms with Crippen molar-refractivity contribution in [3.63, 3.8) is 0 Å². The van der Waals surface area contributed by atoms with Crippen LogP contribution in [0.2, 0.25) is 0 Å². The van der Waals surface area contributed by atoms with Crippen LogP contribution in [0, 0.1) is 5.92 Å². The second-order valence-electron chi connectivity index (χ2n) is 32.5. The first-order chi connectivity index (χ1) is 52.5. The van der Waals surface area contributed by atoms with Crippen molar-refractivity contribution in [3.05, 3.63) is 0 Å². The Hall–Kier alpha value is -1.94. The molecule has 0 aliphatic carbocycles. The standard InChI is InChI=1S/C89H174O17P2/c1-6-9-12-15-18-21-24-27-29-31-33-35-37-39-41-43-45-48-54-59-64-69-74-88(93)105-84(78-100-87(92)73-68-63-58-53-47-44-42-40-38-36-34-32-30-28-25-22-19-16-13-10-7-2)80-103-107(95,96)101-76-83(90)77-102-108(97,98)104-81-85(79-99-86(91)72-67-62-57-52-46-26-23-20-17-14-11-8-3)106-89(94)75-70-65-60-55-50-49-51-56-61-66-71-82(4)5/h82-85,90H,6-81H2,1-5H3,(H,95,96)(H,97,98)/t83-,84-,85-/m1/s1. The van der Waals surface area contributed by atoms with Gasteiger partial charge in [-0.15, -0.1) is 0 Å². The molecule has 2 unspecified atom stereocenters. The van der Waals surface area contributed by atoms with E-state index in [-0.39, 0.29) is 25.7 Å². The van der Waals surface area contributed by atoms with Crippen molar-refractivity contribution in [2.24, 2.45) is 5.92 Å². The van der Waals surface area contributed by atoms with Crippen LogP contribution in [0.3, 0.4) is 0 Å². The number of phosphoric ester groups is 2. The van der Waals surface area contributed by atoms with E-state index in [0.29, 0.717) is 25.7 Å². The highest BCUT2D eigenvalue weighted by Crippen LogP contribution is 2.45. The van der Waals surface area contributed by atoms with Gasteiger partial charge in [0.05, 0.1) is 26.4 Å². The number of hydrogen-bond donors (Lipinski definition) is 3. The predicted octanol–water partition coefficient (Wildman–Crippen LogP) is 27.5. The van der Waals surface area contributed by atoms with Crippen molar-refractivity contribution in [1.82, 2.24) is 0 Å². The molecule has 0 spiro atoms. The largest absolute Gasteiger partial charge is 0.472 e. The molecule has 19 heteroatoms. The molecule has 0 aliphatic heterocycles. The van der Waals surface area contributed by atoms with Gasteiger partial charge in [0.15, 0.2) is 12.2 Å². The second-order valence-corrected chi connectivity index (χ2v) is 35.4. The lowest BCUT2D eigenvalue weighted by molar-refractivity contribution is -0.161. The normalized spacial score (nSPS) is 13.7. The number of ether oxygens (including phenoxy) is 4. The second kappa shape index (κ2) is 81.6. The number of carbonyl (C=O) groups excluding carboxylic acids is 4. The number of carbonyl (C=O) groups is 4. The summed E-state index contributed by atoms with van der Waals surface area (Å²) in [5.41, 5.74) is 0. The molecule has 0 radical (unpaired) electrons. The Labute approximate surface area is 664 Å². The number of unbranched alkanes of at least 4 members (excludes halogenated alkanes) is 61. The van der Waals surface area contributed by atoms with Gasteiger partial charge in [-0.3, -0.25) is 37.3 Å². The average molecular weight is 1580 g/mol. The predicted molar refractivity (Wildman–Crippen MR) is 446 cm³/mol. The van der Waals surface area contributed by atoms with Crippen LogP contribution in [0.4, 0.5) is 0 Å². The maximum atomic E-state index is 13.2.